The summed E-state index contributed by atoms with van der Waals surface area (Å²) in [6, 6.07) is 13.7. The maximum atomic E-state index is 13.4. The maximum absolute atomic E-state index is 13.4. The second-order valence-electron chi connectivity index (χ2n) is 8.98. The number of rotatable bonds is 9. The lowest BCUT2D eigenvalue weighted by atomic mass is 10.1. The van der Waals surface area contributed by atoms with E-state index in [-0.39, 0.29) is 24.5 Å². The number of hydrogen-bond acceptors (Lipinski definition) is 3. The molecule has 32 heavy (non-hydrogen) atoms. The molecule has 0 saturated heterocycles. The van der Waals surface area contributed by atoms with Crippen LogP contribution in [0, 0.1) is 20.8 Å². The van der Waals surface area contributed by atoms with Gasteiger partial charge in [-0.25, -0.2) is 0 Å². The van der Waals surface area contributed by atoms with Crippen LogP contribution < -0.4 is 10.1 Å². The lowest BCUT2D eigenvalue weighted by Crippen LogP contribution is -2.52. The van der Waals surface area contributed by atoms with Crippen LogP contribution in [0.25, 0.3) is 0 Å². The molecule has 0 spiro atoms. The Morgan fingerprint density at radius 3 is 2.47 bits per heavy atom. The molecule has 0 heterocycles. The molecule has 2 amide bonds. The fraction of sp³-hybridized carbons (Fsp3) is 0.481. The van der Waals surface area contributed by atoms with Gasteiger partial charge >= 0.3 is 0 Å². The lowest BCUT2D eigenvalue weighted by molar-refractivity contribution is -0.143. The summed E-state index contributed by atoms with van der Waals surface area (Å²) in [6.07, 6.45) is 4.89. The van der Waals surface area contributed by atoms with E-state index in [2.05, 4.69) is 11.4 Å². The van der Waals surface area contributed by atoms with E-state index in [9.17, 15) is 9.59 Å². The van der Waals surface area contributed by atoms with E-state index in [0.29, 0.717) is 18.7 Å². The van der Waals surface area contributed by atoms with E-state index < -0.39 is 6.04 Å². The van der Waals surface area contributed by atoms with Gasteiger partial charge in [-0.15, -0.1) is 0 Å². The number of carbonyl (C=O) groups is 2. The molecule has 1 aliphatic rings. The highest BCUT2D eigenvalue weighted by molar-refractivity contribution is 5.88. The molecular formula is C27H36N2O3. The summed E-state index contributed by atoms with van der Waals surface area (Å²) in [4.78, 5) is 28.2. The first-order valence-corrected chi connectivity index (χ1v) is 11.7. The monoisotopic (exact) mass is 436 g/mol. The molecule has 1 atom stereocenters. The first-order chi connectivity index (χ1) is 15.4. The second-order valence-corrected chi connectivity index (χ2v) is 8.98. The standard InChI is InChI=1S/C27H36N2O3/c1-5-24(27(31)28-23-11-6-7-12-23)29(17-22-10-8-9-19(2)15-22)26(30)18-32-25-16-20(3)13-14-21(25)4/h8-10,13-16,23-24H,5-7,11-12,17-18H2,1-4H3,(H,28,31). The fourth-order valence-corrected chi connectivity index (χ4v) is 4.38. The first-order valence-electron chi connectivity index (χ1n) is 11.7. The molecule has 0 aliphatic heterocycles. The van der Waals surface area contributed by atoms with Gasteiger partial charge in [0.2, 0.25) is 5.91 Å². The van der Waals surface area contributed by atoms with Gasteiger partial charge < -0.3 is 15.0 Å². The Hall–Kier alpha value is -2.82. The molecule has 1 fully saturated rings. The Labute approximate surface area is 192 Å². The zero-order chi connectivity index (χ0) is 23.1. The minimum absolute atomic E-state index is 0.0628. The Balaban J connectivity index is 1.78. The van der Waals surface area contributed by atoms with Crippen molar-refractivity contribution in [3.8, 4) is 5.75 Å². The predicted octanol–water partition coefficient (Wildman–Crippen LogP) is 4.86. The molecule has 1 saturated carbocycles. The van der Waals surface area contributed by atoms with E-state index in [4.69, 9.17) is 4.74 Å². The van der Waals surface area contributed by atoms with E-state index in [1.807, 2.05) is 64.1 Å². The van der Waals surface area contributed by atoms with Gasteiger partial charge in [0.05, 0.1) is 0 Å². The highest BCUT2D eigenvalue weighted by Gasteiger charge is 2.31. The average Bonchev–Trinajstić information content (AvgIpc) is 3.27. The second kappa shape index (κ2) is 11.2. The molecule has 1 aliphatic carbocycles. The van der Waals surface area contributed by atoms with Crippen molar-refractivity contribution in [1.29, 1.82) is 0 Å². The van der Waals surface area contributed by atoms with Crippen LogP contribution in [-0.4, -0.2) is 35.4 Å². The number of amides is 2. The average molecular weight is 437 g/mol. The largest absolute Gasteiger partial charge is 0.483 e. The molecule has 5 nitrogen and oxygen atoms in total. The Kier molecular flexibility index (Phi) is 8.32. The van der Waals surface area contributed by atoms with Crippen molar-refractivity contribution < 1.29 is 14.3 Å². The van der Waals surface area contributed by atoms with Crippen molar-refractivity contribution >= 4 is 11.8 Å². The van der Waals surface area contributed by atoms with Gasteiger partial charge in [-0.1, -0.05) is 61.7 Å². The summed E-state index contributed by atoms with van der Waals surface area (Å²) in [7, 11) is 0. The molecule has 0 aromatic heterocycles. The number of ether oxygens (including phenoxy) is 1. The summed E-state index contributed by atoms with van der Waals surface area (Å²) >= 11 is 0. The van der Waals surface area contributed by atoms with Gasteiger partial charge in [0.25, 0.3) is 5.91 Å². The number of hydrogen-bond donors (Lipinski definition) is 1. The molecule has 1 unspecified atom stereocenters. The van der Waals surface area contributed by atoms with Crippen molar-refractivity contribution in [2.45, 2.75) is 78.4 Å². The van der Waals surface area contributed by atoms with Crippen LogP contribution in [0.15, 0.2) is 42.5 Å². The molecule has 0 bridgehead atoms. The normalized spacial score (nSPS) is 14.8. The fourth-order valence-electron chi connectivity index (χ4n) is 4.38. The zero-order valence-corrected chi connectivity index (χ0v) is 19.8. The summed E-state index contributed by atoms with van der Waals surface area (Å²) in [6.45, 7) is 8.24. The van der Waals surface area contributed by atoms with Crippen LogP contribution in [0.3, 0.4) is 0 Å². The Morgan fingerprint density at radius 2 is 1.78 bits per heavy atom. The number of benzene rings is 2. The van der Waals surface area contributed by atoms with Crippen LogP contribution in [0.2, 0.25) is 0 Å². The molecule has 5 heteroatoms. The van der Waals surface area contributed by atoms with Crippen LogP contribution in [0.5, 0.6) is 5.75 Å². The van der Waals surface area contributed by atoms with Gasteiger partial charge in [0.15, 0.2) is 6.61 Å². The summed E-state index contributed by atoms with van der Waals surface area (Å²) in [5.41, 5.74) is 4.21. The van der Waals surface area contributed by atoms with E-state index in [0.717, 1.165) is 47.9 Å². The lowest BCUT2D eigenvalue weighted by Gasteiger charge is -2.31. The highest BCUT2D eigenvalue weighted by atomic mass is 16.5. The molecule has 0 radical (unpaired) electrons. The van der Waals surface area contributed by atoms with Crippen molar-refractivity contribution in [3.05, 3.63) is 64.7 Å². The zero-order valence-electron chi connectivity index (χ0n) is 19.8. The Morgan fingerprint density at radius 1 is 1.06 bits per heavy atom. The topological polar surface area (TPSA) is 58.6 Å². The number of carbonyl (C=O) groups excluding carboxylic acids is 2. The van der Waals surface area contributed by atoms with Crippen molar-refractivity contribution in [2.24, 2.45) is 0 Å². The summed E-state index contributed by atoms with van der Waals surface area (Å²) in [5.74, 6) is 0.463. The van der Waals surface area contributed by atoms with E-state index in [1.54, 1.807) is 4.90 Å². The van der Waals surface area contributed by atoms with Crippen molar-refractivity contribution in [2.75, 3.05) is 6.61 Å². The number of aryl methyl sites for hydroxylation is 3. The summed E-state index contributed by atoms with van der Waals surface area (Å²) < 4.78 is 5.91. The Bertz CT molecular complexity index is 934. The first kappa shape index (κ1) is 23.8. The third-order valence-corrected chi connectivity index (χ3v) is 6.22. The smallest absolute Gasteiger partial charge is 0.261 e. The van der Waals surface area contributed by atoms with Crippen LogP contribution >= 0.6 is 0 Å². The predicted molar refractivity (Wildman–Crippen MR) is 128 cm³/mol. The van der Waals surface area contributed by atoms with Gasteiger partial charge in [-0.05, 0) is 62.8 Å². The van der Waals surface area contributed by atoms with Crippen LogP contribution in [0.1, 0.15) is 61.3 Å². The number of nitrogens with zero attached hydrogens (tertiary/aromatic N) is 1. The van der Waals surface area contributed by atoms with Gasteiger partial charge in [-0.3, -0.25) is 9.59 Å². The molecular weight excluding hydrogens is 400 g/mol. The maximum Gasteiger partial charge on any atom is 0.261 e. The summed E-state index contributed by atoms with van der Waals surface area (Å²) in [5, 5.41) is 3.18. The van der Waals surface area contributed by atoms with Crippen LogP contribution in [0.4, 0.5) is 0 Å². The molecule has 2 aromatic carbocycles. The highest BCUT2D eigenvalue weighted by Crippen LogP contribution is 2.21. The minimum Gasteiger partial charge on any atom is -0.483 e. The molecule has 1 N–H and O–H groups in total. The third kappa shape index (κ3) is 6.35. The molecule has 2 aromatic rings. The number of nitrogens with one attached hydrogen (secondary N) is 1. The molecule has 172 valence electrons. The van der Waals surface area contributed by atoms with Gasteiger partial charge in [0, 0.05) is 12.6 Å². The van der Waals surface area contributed by atoms with Gasteiger partial charge in [0.1, 0.15) is 11.8 Å². The van der Waals surface area contributed by atoms with Gasteiger partial charge in [-0.2, -0.15) is 0 Å². The van der Waals surface area contributed by atoms with Crippen molar-refractivity contribution in [3.63, 3.8) is 0 Å². The minimum atomic E-state index is -0.522. The molecule has 3 rings (SSSR count). The SMILES string of the molecule is CCC(C(=O)NC1CCCC1)N(Cc1cccc(C)c1)C(=O)COc1cc(C)ccc1C. The van der Waals surface area contributed by atoms with Crippen LogP contribution in [-0.2, 0) is 16.1 Å². The quantitative estimate of drug-likeness (QED) is 0.611. The van der Waals surface area contributed by atoms with E-state index in [1.165, 1.54) is 0 Å². The van der Waals surface area contributed by atoms with Crippen molar-refractivity contribution in [1.82, 2.24) is 10.2 Å². The third-order valence-electron chi connectivity index (χ3n) is 6.22. The van der Waals surface area contributed by atoms with E-state index >= 15 is 0 Å².